The Kier molecular flexibility index (Phi) is 2.76. The van der Waals surface area contributed by atoms with E-state index < -0.39 is 0 Å². The van der Waals surface area contributed by atoms with Crippen molar-refractivity contribution >= 4 is 5.82 Å². The van der Waals surface area contributed by atoms with Crippen LogP contribution in [0.4, 0.5) is 5.82 Å². The average molecular weight is 218 g/mol. The number of hydrogen-bond acceptors (Lipinski definition) is 4. The predicted molar refractivity (Wildman–Crippen MR) is 61.5 cm³/mol. The molecule has 5 nitrogen and oxygen atoms in total. The molecule has 0 bridgehead atoms. The molecule has 0 aromatic carbocycles. The molecular formula is C11H14N4O. The number of nitrogen functional groups attached to an aromatic ring is 1. The van der Waals surface area contributed by atoms with E-state index in [9.17, 15) is 0 Å². The van der Waals surface area contributed by atoms with E-state index in [1.165, 1.54) is 0 Å². The third-order valence-corrected chi connectivity index (χ3v) is 1.94. The lowest BCUT2D eigenvalue weighted by Crippen LogP contribution is -2.06. The van der Waals surface area contributed by atoms with Gasteiger partial charge in [0.05, 0.1) is 24.2 Å². The molecule has 0 unspecified atom stereocenters. The molecule has 0 aliphatic heterocycles. The minimum atomic E-state index is 0.125. The van der Waals surface area contributed by atoms with Crippen LogP contribution in [0.5, 0.6) is 5.75 Å². The van der Waals surface area contributed by atoms with Crippen LogP contribution in [0.3, 0.4) is 0 Å². The second kappa shape index (κ2) is 4.22. The summed E-state index contributed by atoms with van der Waals surface area (Å²) in [6, 6.07) is 3.61. The van der Waals surface area contributed by atoms with Crippen molar-refractivity contribution in [1.82, 2.24) is 14.8 Å². The zero-order valence-corrected chi connectivity index (χ0v) is 9.29. The summed E-state index contributed by atoms with van der Waals surface area (Å²) in [5.41, 5.74) is 6.38. The minimum absolute atomic E-state index is 0.125. The lowest BCUT2D eigenvalue weighted by atomic mass is 10.4. The summed E-state index contributed by atoms with van der Waals surface area (Å²) in [7, 11) is 0. The van der Waals surface area contributed by atoms with Crippen molar-refractivity contribution in [3.8, 4) is 11.4 Å². The van der Waals surface area contributed by atoms with Crippen molar-refractivity contribution in [2.75, 3.05) is 5.73 Å². The van der Waals surface area contributed by atoms with E-state index in [0.717, 1.165) is 11.4 Å². The van der Waals surface area contributed by atoms with Gasteiger partial charge in [0.15, 0.2) is 0 Å². The number of anilines is 1. The molecule has 2 aromatic heterocycles. The SMILES string of the molecule is CC(C)Oc1cncc(-n2ccc(N)n2)c1. The Morgan fingerprint density at radius 2 is 2.19 bits per heavy atom. The Hall–Kier alpha value is -2.04. The van der Waals surface area contributed by atoms with Crippen molar-refractivity contribution in [3.63, 3.8) is 0 Å². The summed E-state index contributed by atoms with van der Waals surface area (Å²) in [5.74, 6) is 1.21. The fourth-order valence-electron chi connectivity index (χ4n) is 1.35. The van der Waals surface area contributed by atoms with Crippen molar-refractivity contribution in [2.24, 2.45) is 0 Å². The van der Waals surface area contributed by atoms with Gasteiger partial charge in [0.25, 0.3) is 0 Å². The quantitative estimate of drug-likeness (QED) is 0.850. The Labute approximate surface area is 93.9 Å². The van der Waals surface area contributed by atoms with Gasteiger partial charge in [-0.2, -0.15) is 5.10 Å². The summed E-state index contributed by atoms with van der Waals surface area (Å²) in [6.45, 7) is 3.94. The molecule has 0 atom stereocenters. The van der Waals surface area contributed by atoms with Gasteiger partial charge in [-0.05, 0) is 13.8 Å². The molecule has 0 aliphatic carbocycles. The summed E-state index contributed by atoms with van der Waals surface area (Å²) in [4.78, 5) is 4.10. The fraction of sp³-hybridized carbons (Fsp3) is 0.273. The zero-order chi connectivity index (χ0) is 11.5. The highest BCUT2D eigenvalue weighted by molar-refractivity contribution is 5.37. The topological polar surface area (TPSA) is 66.0 Å². The maximum absolute atomic E-state index is 5.55. The standard InChI is InChI=1S/C11H14N4O/c1-8(2)16-10-5-9(6-13-7-10)15-4-3-11(12)14-15/h3-8H,1-2H3,(H2,12,14). The summed E-state index contributed by atoms with van der Waals surface area (Å²) >= 11 is 0. The smallest absolute Gasteiger partial charge is 0.145 e. The van der Waals surface area contributed by atoms with Gasteiger partial charge in [-0.3, -0.25) is 4.98 Å². The van der Waals surface area contributed by atoms with E-state index in [1.807, 2.05) is 19.9 Å². The summed E-state index contributed by atoms with van der Waals surface area (Å²) < 4.78 is 7.21. The van der Waals surface area contributed by atoms with Crippen LogP contribution in [0.1, 0.15) is 13.8 Å². The molecule has 0 saturated carbocycles. The first-order chi connectivity index (χ1) is 7.65. The van der Waals surface area contributed by atoms with Gasteiger partial charge in [0.2, 0.25) is 0 Å². The Bertz CT molecular complexity index is 478. The normalized spacial score (nSPS) is 10.7. The monoisotopic (exact) mass is 218 g/mol. The number of nitrogens with two attached hydrogens (primary N) is 1. The van der Waals surface area contributed by atoms with Crippen LogP contribution in [0.25, 0.3) is 5.69 Å². The molecule has 16 heavy (non-hydrogen) atoms. The van der Waals surface area contributed by atoms with Crippen LogP contribution in [0.2, 0.25) is 0 Å². The molecule has 0 radical (unpaired) electrons. The molecule has 2 aromatic rings. The predicted octanol–water partition coefficient (Wildman–Crippen LogP) is 1.64. The first kappa shape index (κ1) is 10.5. The maximum atomic E-state index is 5.55. The molecule has 84 valence electrons. The van der Waals surface area contributed by atoms with Gasteiger partial charge in [-0.25, -0.2) is 4.68 Å². The maximum Gasteiger partial charge on any atom is 0.145 e. The highest BCUT2D eigenvalue weighted by Gasteiger charge is 2.03. The fourth-order valence-corrected chi connectivity index (χ4v) is 1.35. The molecular weight excluding hydrogens is 204 g/mol. The zero-order valence-electron chi connectivity index (χ0n) is 9.29. The van der Waals surface area contributed by atoms with E-state index >= 15 is 0 Å². The number of pyridine rings is 1. The average Bonchev–Trinajstić information content (AvgIpc) is 2.64. The Morgan fingerprint density at radius 3 is 2.81 bits per heavy atom. The first-order valence-corrected chi connectivity index (χ1v) is 5.08. The van der Waals surface area contributed by atoms with Gasteiger partial charge in [-0.15, -0.1) is 0 Å². The lowest BCUT2D eigenvalue weighted by Gasteiger charge is -2.10. The van der Waals surface area contributed by atoms with E-state index in [2.05, 4.69) is 10.1 Å². The Morgan fingerprint density at radius 1 is 1.38 bits per heavy atom. The van der Waals surface area contributed by atoms with Crippen LogP contribution >= 0.6 is 0 Å². The first-order valence-electron chi connectivity index (χ1n) is 5.08. The molecule has 0 fully saturated rings. The van der Waals surface area contributed by atoms with Gasteiger partial charge < -0.3 is 10.5 Å². The van der Waals surface area contributed by atoms with E-state index in [-0.39, 0.29) is 6.10 Å². The molecule has 5 heteroatoms. The van der Waals surface area contributed by atoms with Crippen LogP contribution in [0, 0.1) is 0 Å². The highest BCUT2D eigenvalue weighted by atomic mass is 16.5. The number of rotatable bonds is 3. The Balaban J connectivity index is 2.28. The minimum Gasteiger partial charge on any atom is -0.489 e. The van der Waals surface area contributed by atoms with Crippen molar-refractivity contribution in [2.45, 2.75) is 20.0 Å². The number of hydrogen-bond donors (Lipinski definition) is 1. The summed E-state index contributed by atoms with van der Waals surface area (Å²) in [6.07, 6.45) is 5.29. The van der Waals surface area contributed by atoms with Gasteiger partial charge in [-0.1, -0.05) is 0 Å². The van der Waals surface area contributed by atoms with Crippen LogP contribution in [-0.2, 0) is 0 Å². The molecule has 0 aliphatic rings. The van der Waals surface area contributed by atoms with E-state index in [1.54, 1.807) is 29.3 Å². The summed E-state index contributed by atoms with van der Waals surface area (Å²) in [5, 5.41) is 4.10. The molecule has 0 amide bonds. The van der Waals surface area contributed by atoms with Crippen LogP contribution in [0.15, 0.2) is 30.7 Å². The van der Waals surface area contributed by atoms with Crippen molar-refractivity contribution in [1.29, 1.82) is 0 Å². The number of nitrogens with zero attached hydrogens (tertiary/aromatic N) is 3. The molecule has 0 spiro atoms. The molecule has 2 rings (SSSR count). The van der Waals surface area contributed by atoms with Gasteiger partial charge >= 0.3 is 0 Å². The van der Waals surface area contributed by atoms with Crippen LogP contribution in [-0.4, -0.2) is 20.9 Å². The molecule has 0 saturated heterocycles. The molecule has 2 heterocycles. The third kappa shape index (κ3) is 2.31. The second-order valence-electron chi connectivity index (χ2n) is 3.73. The van der Waals surface area contributed by atoms with E-state index in [4.69, 9.17) is 10.5 Å². The second-order valence-corrected chi connectivity index (χ2v) is 3.73. The molecule has 2 N–H and O–H groups in total. The van der Waals surface area contributed by atoms with Crippen LogP contribution < -0.4 is 10.5 Å². The lowest BCUT2D eigenvalue weighted by molar-refractivity contribution is 0.241. The van der Waals surface area contributed by atoms with Gasteiger partial charge in [0, 0.05) is 18.3 Å². The van der Waals surface area contributed by atoms with Crippen molar-refractivity contribution in [3.05, 3.63) is 30.7 Å². The number of ether oxygens (including phenoxy) is 1. The largest absolute Gasteiger partial charge is 0.489 e. The highest BCUT2D eigenvalue weighted by Crippen LogP contribution is 2.16. The van der Waals surface area contributed by atoms with E-state index in [0.29, 0.717) is 5.82 Å². The number of aromatic nitrogens is 3. The third-order valence-electron chi connectivity index (χ3n) is 1.94. The van der Waals surface area contributed by atoms with Gasteiger partial charge in [0.1, 0.15) is 11.6 Å². The van der Waals surface area contributed by atoms with Crippen molar-refractivity contribution < 1.29 is 4.74 Å².